The van der Waals surface area contributed by atoms with Gasteiger partial charge in [-0.05, 0) is 12.3 Å². The van der Waals surface area contributed by atoms with Crippen LogP contribution in [0.3, 0.4) is 0 Å². The number of hydrogen-bond donors (Lipinski definition) is 2. The van der Waals surface area contributed by atoms with Gasteiger partial charge in [-0.15, -0.1) is 0 Å². The summed E-state index contributed by atoms with van der Waals surface area (Å²) in [5.74, 6) is 0.597. The number of aliphatic hydroxyl groups excluding tert-OH is 1. The summed E-state index contributed by atoms with van der Waals surface area (Å²) in [7, 11) is 0. The molecule has 2 N–H and O–H groups in total. The molecule has 1 fully saturated rings. The standard InChI is InChI=1S/C9H18N2O2/c1-7(2)5-8-6-11(3-4-12)9(13)10-8/h7-8,12H,3-6H2,1-2H3,(H,10,13). The van der Waals surface area contributed by atoms with E-state index in [2.05, 4.69) is 19.2 Å². The summed E-state index contributed by atoms with van der Waals surface area (Å²) in [6, 6.07) is 0.221. The Bertz CT molecular complexity index is 182. The summed E-state index contributed by atoms with van der Waals surface area (Å²) in [4.78, 5) is 12.9. The molecule has 1 atom stereocenters. The predicted molar refractivity (Wildman–Crippen MR) is 50.4 cm³/mol. The monoisotopic (exact) mass is 186 g/mol. The molecule has 0 radical (unpaired) electrons. The van der Waals surface area contributed by atoms with E-state index in [1.807, 2.05) is 0 Å². The van der Waals surface area contributed by atoms with E-state index >= 15 is 0 Å². The van der Waals surface area contributed by atoms with Gasteiger partial charge in [-0.1, -0.05) is 13.8 Å². The zero-order chi connectivity index (χ0) is 9.84. The lowest BCUT2D eigenvalue weighted by Gasteiger charge is -2.13. The summed E-state index contributed by atoms with van der Waals surface area (Å²) in [5, 5.41) is 11.6. The number of amides is 2. The molecule has 13 heavy (non-hydrogen) atoms. The van der Waals surface area contributed by atoms with E-state index in [4.69, 9.17) is 5.11 Å². The van der Waals surface area contributed by atoms with Crippen molar-refractivity contribution in [1.29, 1.82) is 0 Å². The number of nitrogens with one attached hydrogen (secondary N) is 1. The number of rotatable bonds is 4. The molecule has 0 spiro atoms. The third kappa shape index (κ3) is 2.88. The van der Waals surface area contributed by atoms with E-state index in [9.17, 15) is 4.79 Å². The van der Waals surface area contributed by atoms with Gasteiger partial charge in [0.1, 0.15) is 0 Å². The summed E-state index contributed by atoms with van der Waals surface area (Å²) >= 11 is 0. The van der Waals surface area contributed by atoms with Crippen molar-refractivity contribution in [2.24, 2.45) is 5.92 Å². The summed E-state index contributed by atoms with van der Waals surface area (Å²) in [6.07, 6.45) is 1.01. The molecule has 0 saturated carbocycles. The van der Waals surface area contributed by atoms with Crippen molar-refractivity contribution in [2.75, 3.05) is 19.7 Å². The van der Waals surface area contributed by atoms with Crippen molar-refractivity contribution in [3.63, 3.8) is 0 Å². The molecule has 0 aromatic heterocycles. The molecule has 0 aliphatic carbocycles. The van der Waals surface area contributed by atoms with Crippen LogP contribution in [0.25, 0.3) is 0 Å². The van der Waals surface area contributed by atoms with Gasteiger partial charge in [-0.2, -0.15) is 0 Å². The lowest BCUT2D eigenvalue weighted by atomic mass is 10.0. The molecule has 4 heteroatoms. The van der Waals surface area contributed by atoms with Gasteiger partial charge in [-0.25, -0.2) is 4.79 Å². The number of carbonyl (C=O) groups is 1. The maximum absolute atomic E-state index is 11.3. The number of β-amino-alcohol motifs (C(OH)–C–C–N with tert-alkyl or cyclic N) is 1. The van der Waals surface area contributed by atoms with E-state index in [1.54, 1.807) is 4.90 Å². The van der Waals surface area contributed by atoms with Crippen LogP contribution in [-0.2, 0) is 0 Å². The highest BCUT2D eigenvalue weighted by atomic mass is 16.3. The van der Waals surface area contributed by atoms with Crippen LogP contribution < -0.4 is 5.32 Å². The molecule has 76 valence electrons. The van der Waals surface area contributed by atoms with E-state index < -0.39 is 0 Å². The number of nitrogens with zero attached hydrogens (tertiary/aromatic N) is 1. The molecule has 1 aliphatic rings. The van der Waals surface area contributed by atoms with Crippen LogP contribution in [-0.4, -0.2) is 41.8 Å². The fourth-order valence-corrected chi connectivity index (χ4v) is 1.68. The summed E-state index contributed by atoms with van der Waals surface area (Å²) < 4.78 is 0. The minimum Gasteiger partial charge on any atom is -0.395 e. The molecule has 4 nitrogen and oxygen atoms in total. The molecule has 1 rings (SSSR count). The van der Waals surface area contributed by atoms with Crippen LogP contribution >= 0.6 is 0 Å². The highest BCUT2D eigenvalue weighted by Crippen LogP contribution is 2.11. The Balaban J connectivity index is 2.36. The maximum atomic E-state index is 11.3. The molecule has 1 saturated heterocycles. The van der Waals surface area contributed by atoms with Crippen LogP contribution in [0.2, 0.25) is 0 Å². The van der Waals surface area contributed by atoms with Crippen molar-refractivity contribution in [3.8, 4) is 0 Å². The fourth-order valence-electron chi connectivity index (χ4n) is 1.68. The third-order valence-electron chi connectivity index (χ3n) is 2.18. The van der Waals surface area contributed by atoms with E-state index in [0.717, 1.165) is 13.0 Å². The van der Waals surface area contributed by atoms with Gasteiger partial charge < -0.3 is 15.3 Å². The second-order valence-corrected chi connectivity index (χ2v) is 3.95. The highest BCUT2D eigenvalue weighted by Gasteiger charge is 2.27. The van der Waals surface area contributed by atoms with Gasteiger partial charge in [0, 0.05) is 19.1 Å². The molecule has 2 amide bonds. The number of carbonyl (C=O) groups excluding carboxylic acids is 1. The van der Waals surface area contributed by atoms with E-state index in [1.165, 1.54) is 0 Å². The topological polar surface area (TPSA) is 52.6 Å². The van der Waals surface area contributed by atoms with Crippen LogP contribution in [0, 0.1) is 5.92 Å². The van der Waals surface area contributed by atoms with Crippen molar-refractivity contribution < 1.29 is 9.90 Å². The lowest BCUT2D eigenvalue weighted by Crippen LogP contribution is -2.30. The van der Waals surface area contributed by atoms with Crippen LogP contribution in [0.15, 0.2) is 0 Å². The quantitative estimate of drug-likeness (QED) is 0.668. The Morgan fingerprint density at radius 2 is 2.38 bits per heavy atom. The molecular formula is C9H18N2O2. The SMILES string of the molecule is CC(C)CC1CN(CCO)C(=O)N1. The first-order valence-electron chi connectivity index (χ1n) is 4.79. The van der Waals surface area contributed by atoms with Crippen LogP contribution in [0.4, 0.5) is 4.79 Å². The molecule has 0 bridgehead atoms. The first-order chi connectivity index (χ1) is 6.13. The number of urea groups is 1. The van der Waals surface area contributed by atoms with Gasteiger partial charge >= 0.3 is 6.03 Å². The molecule has 1 unspecified atom stereocenters. The Hall–Kier alpha value is -0.770. The van der Waals surface area contributed by atoms with Gasteiger partial charge in [-0.3, -0.25) is 0 Å². The Morgan fingerprint density at radius 3 is 2.92 bits per heavy atom. The largest absolute Gasteiger partial charge is 0.395 e. The molecular weight excluding hydrogens is 168 g/mol. The smallest absolute Gasteiger partial charge is 0.317 e. The first kappa shape index (κ1) is 10.3. The van der Waals surface area contributed by atoms with Crippen LogP contribution in [0.1, 0.15) is 20.3 Å². The maximum Gasteiger partial charge on any atom is 0.317 e. The normalized spacial score (nSPS) is 22.6. The summed E-state index contributed by atoms with van der Waals surface area (Å²) in [5.41, 5.74) is 0. The van der Waals surface area contributed by atoms with Gasteiger partial charge in [0.15, 0.2) is 0 Å². The lowest BCUT2D eigenvalue weighted by molar-refractivity contribution is 0.196. The zero-order valence-corrected chi connectivity index (χ0v) is 8.29. The Labute approximate surface area is 78.9 Å². The highest BCUT2D eigenvalue weighted by molar-refractivity contribution is 5.76. The average Bonchev–Trinajstić information content (AvgIpc) is 2.31. The van der Waals surface area contributed by atoms with Crippen LogP contribution in [0.5, 0.6) is 0 Å². The van der Waals surface area contributed by atoms with Gasteiger partial charge in [0.05, 0.1) is 6.61 Å². The molecule has 0 aromatic rings. The van der Waals surface area contributed by atoms with Crippen molar-refractivity contribution in [1.82, 2.24) is 10.2 Å². The van der Waals surface area contributed by atoms with E-state index in [0.29, 0.717) is 12.5 Å². The Morgan fingerprint density at radius 1 is 1.69 bits per heavy atom. The number of aliphatic hydroxyl groups is 1. The predicted octanol–water partition coefficient (Wildman–Crippen LogP) is 0.419. The van der Waals surface area contributed by atoms with Crippen molar-refractivity contribution in [2.45, 2.75) is 26.3 Å². The Kier molecular flexibility index (Phi) is 3.54. The van der Waals surface area contributed by atoms with Crippen molar-refractivity contribution >= 4 is 6.03 Å². The van der Waals surface area contributed by atoms with Gasteiger partial charge in [0.25, 0.3) is 0 Å². The molecule has 1 heterocycles. The first-order valence-corrected chi connectivity index (χ1v) is 4.79. The summed E-state index contributed by atoms with van der Waals surface area (Å²) in [6.45, 7) is 5.50. The second-order valence-electron chi connectivity index (χ2n) is 3.95. The zero-order valence-electron chi connectivity index (χ0n) is 8.29. The third-order valence-corrected chi connectivity index (χ3v) is 2.18. The van der Waals surface area contributed by atoms with Crippen molar-refractivity contribution in [3.05, 3.63) is 0 Å². The molecule has 0 aromatic carbocycles. The van der Waals surface area contributed by atoms with E-state index in [-0.39, 0.29) is 18.7 Å². The minimum absolute atomic E-state index is 0.0419. The minimum atomic E-state index is -0.0419. The van der Waals surface area contributed by atoms with Gasteiger partial charge in [0.2, 0.25) is 0 Å². The second kappa shape index (κ2) is 4.46. The number of hydrogen-bond acceptors (Lipinski definition) is 2. The molecule has 1 aliphatic heterocycles. The fraction of sp³-hybridized carbons (Fsp3) is 0.889. The average molecular weight is 186 g/mol.